The van der Waals surface area contributed by atoms with E-state index in [1.54, 1.807) is 0 Å². The van der Waals surface area contributed by atoms with E-state index in [4.69, 9.17) is 16.7 Å². The molecule has 1 aliphatic rings. The Bertz CT molecular complexity index is 739. The van der Waals surface area contributed by atoms with Gasteiger partial charge in [-0.3, -0.25) is 14.7 Å². The second-order valence-corrected chi connectivity index (χ2v) is 5.54. The number of fused-ring (bicyclic) bond motifs is 1. The monoisotopic (exact) mass is 292 g/mol. The van der Waals surface area contributed by atoms with Gasteiger partial charge in [0.15, 0.2) is 4.77 Å². The number of nitrogens with one attached hydrogen (secondary N) is 2. The van der Waals surface area contributed by atoms with Gasteiger partial charge in [0, 0.05) is 37.3 Å². The Kier molecular flexibility index (Phi) is 3.31. The molecule has 0 atom stereocenters. The van der Waals surface area contributed by atoms with Crippen molar-refractivity contribution in [2.24, 2.45) is 0 Å². The van der Waals surface area contributed by atoms with E-state index in [0.29, 0.717) is 11.3 Å². The minimum absolute atomic E-state index is 0.0905. The molecule has 20 heavy (non-hydrogen) atoms. The first-order chi connectivity index (χ1) is 9.54. The molecule has 0 spiro atoms. The molecule has 3 heterocycles. The normalized spacial score (nSPS) is 15.3. The quantitative estimate of drug-likeness (QED) is 0.822. The summed E-state index contributed by atoms with van der Waals surface area (Å²) in [5.41, 5.74) is 3.65. The molecular formula is C13H16N4O2S. The van der Waals surface area contributed by atoms with E-state index in [0.717, 1.165) is 47.8 Å². The van der Waals surface area contributed by atoms with E-state index in [1.165, 1.54) is 0 Å². The zero-order valence-corrected chi connectivity index (χ0v) is 12.3. The van der Waals surface area contributed by atoms with Crippen molar-refractivity contribution in [1.29, 1.82) is 0 Å². The zero-order chi connectivity index (χ0) is 14.3. The summed E-state index contributed by atoms with van der Waals surface area (Å²) < 4.78 is 5.58. The maximum Gasteiger partial charge on any atom is 0.256 e. The van der Waals surface area contributed by atoms with Crippen LogP contribution in [0.25, 0.3) is 0 Å². The fraction of sp³-hybridized carbons (Fsp3) is 0.462. The summed E-state index contributed by atoms with van der Waals surface area (Å²) in [4.78, 5) is 19.9. The highest BCUT2D eigenvalue weighted by atomic mass is 32.1. The van der Waals surface area contributed by atoms with E-state index in [9.17, 15) is 4.79 Å². The Hall–Kier alpha value is -1.73. The third-order valence-corrected chi connectivity index (χ3v) is 3.96. The van der Waals surface area contributed by atoms with Gasteiger partial charge in [0.05, 0.1) is 11.3 Å². The molecule has 6 nitrogen and oxygen atoms in total. The Morgan fingerprint density at radius 3 is 2.90 bits per heavy atom. The molecule has 0 aromatic carbocycles. The molecule has 2 N–H and O–H groups in total. The predicted octanol–water partition coefficient (Wildman–Crippen LogP) is 1.60. The fourth-order valence-electron chi connectivity index (χ4n) is 2.60. The molecule has 1 aliphatic heterocycles. The smallest absolute Gasteiger partial charge is 0.256 e. The topological polar surface area (TPSA) is 77.9 Å². The molecule has 3 rings (SSSR count). The lowest BCUT2D eigenvalue weighted by Crippen LogP contribution is -2.35. The number of H-pyrrole nitrogens is 2. The van der Waals surface area contributed by atoms with Crippen LogP contribution in [0.15, 0.2) is 9.32 Å². The molecule has 0 bridgehead atoms. The van der Waals surface area contributed by atoms with Crippen molar-refractivity contribution in [2.45, 2.75) is 33.4 Å². The van der Waals surface area contributed by atoms with Crippen LogP contribution < -0.4 is 5.56 Å². The van der Waals surface area contributed by atoms with Crippen molar-refractivity contribution in [1.82, 2.24) is 20.0 Å². The average Bonchev–Trinajstić information content (AvgIpc) is 2.71. The first kappa shape index (κ1) is 13.3. The summed E-state index contributed by atoms with van der Waals surface area (Å²) in [7, 11) is 0. The van der Waals surface area contributed by atoms with Gasteiger partial charge in [-0.25, -0.2) is 0 Å². The van der Waals surface area contributed by atoms with Crippen molar-refractivity contribution in [3.05, 3.63) is 43.4 Å². The van der Waals surface area contributed by atoms with Crippen LogP contribution in [0.1, 0.15) is 28.3 Å². The molecule has 7 heteroatoms. The van der Waals surface area contributed by atoms with Crippen molar-refractivity contribution < 1.29 is 4.52 Å². The number of hydrogen-bond acceptors (Lipinski definition) is 5. The second-order valence-electron chi connectivity index (χ2n) is 5.13. The number of aryl methyl sites for hydroxylation is 2. The van der Waals surface area contributed by atoms with Gasteiger partial charge in [0.2, 0.25) is 0 Å². The van der Waals surface area contributed by atoms with Gasteiger partial charge >= 0.3 is 0 Å². The molecule has 0 saturated heterocycles. The summed E-state index contributed by atoms with van der Waals surface area (Å²) in [5, 5.41) is 3.97. The molecule has 0 radical (unpaired) electrons. The predicted molar refractivity (Wildman–Crippen MR) is 76.0 cm³/mol. The maximum atomic E-state index is 12.0. The molecule has 2 aromatic heterocycles. The van der Waals surface area contributed by atoms with Crippen LogP contribution in [-0.4, -0.2) is 26.6 Å². The summed E-state index contributed by atoms with van der Waals surface area (Å²) in [6, 6.07) is 0. The second kappa shape index (κ2) is 4.99. The Morgan fingerprint density at radius 2 is 2.20 bits per heavy atom. The van der Waals surface area contributed by atoms with Crippen LogP contribution in [0, 0.1) is 18.6 Å². The molecule has 0 amide bonds. The van der Waals surface area contributed by atoms with E-state index in [2.05, 4.69) is 20.0 Å². The first-order valence-corrected chi connectivity index (χ1v) is 6.94. The standard InChI is InChI=1S/C13H16N4O2S/c1-7-9(8(2)19-16-7)5-17-4-3-11-10(6-17)12(18)15-13(20)14-11/h3-6H2,1-2H3,(H2,14,15,18,20). The zero-order valence-electron chi connectivity index (χ0n) is 11.4. The van der Waals surface area contributed by atoms with Crippen molar-refractivity contribution in [2.75, 3.05) is 6.54 Å². The van der Waals surface area contributed by atoms with Gasteiger partial charge < -0.3 is 9.51 Å². The first-order valence-electron chi connectivity index (χ1n) is 6.53. The lowest BCUT2D eigenvalue weighted by molar-refractivity contribution is 0.239. The van der Waals surface area contributed by atoms with Gasteiger partial charge in [-0.1, -0.05) is 5.16 Å². The third kappa shape index (κ3) is 2.34. The van der Waals surface area contributed by atoms with Crippen LogP contribution in [0.2, 0.25) is 0 Å². The van der Waals surface area contributed by atoms with Crippen LogP contribution in [0.3, 0.4) is 0 Å². The minimum atomic E-state index is -0.0905. The Balaban J connectivity index is 1.86. The van der Waals surface area contributed by atoms with E-state index >= 15 is 0 Å². The Morgan fingerprint density at radius 1 is 1.40 bits per heavy atom. The van der Waals surface area contributed by atoms with E-state index < -0.39 is 0 Å². The highest BCUT2D eigenvalue weighted by Gasteiger charge is 2.21. The molecule has 106 valence electrons. The summed E-state index contributed by atoms with van der Waals surface area (Å²) in [6.07, 6.45) is 0.798. The van der Waals surface area contributed by atoms with E-state index in [1.807, 2.05) is 13.8 Å². The molecule has 0 aliphatic carbocycles. The van der Waals surface area contributed by atoms with Gasteiger partial charge in [-0.15, -0.1) is 0 Å². The van der Waals surface area contributed by atoms with E-state index in [-0.39, 0.29) is 5.56 Å². The molecule has 0 fully saturated rings. The van der Waals surface area contributed by atoms with Crippen LogP contribution in [-0.2, 0) is 19.5 Å². The fourth-order valence-corrected chi connectivity index (χ4v) is 2.81. The lowest BCUT2D eigenvalue weighted by Gasteiger charge is -2.27. The molecule has 0 unspecified atom stereocenters. The molecule has 0 saturated carbocycles. The van der Waals surface area contributed by atoms with Crippen molar-refractivity contribution >= 4 is 12.2 Å². The number of hydrogen-bond donors (Lipinski definition) is 2. The van der Waals surface area contributed by atoms with Gasteiger partial charge in [-0.2, -0.15) is 0 Å². The molecular weight excluding hydrogens is 276 g/mol. The maximum absolute atomic E-state index is 12.0. The van der Waals surface area contributed by atoms with Gasteiger partial charge in [0.1, 0.15) is 5.76 Å². The number of rotatable bonds is 2. The van der Waals surface area contributed by atoms with Crippen LogP contribution in [0.4, 0.5) is 0 Å². The minimum Gasteiger partial charge on any atom is -0.361 e. The molecule has 2 aromatic rings. The highest BCUT2D eigenvalue weighted by Crippen LogP contribution is 2.19. The Labute approximate surface area is 120 Å². The van der Waals surface area contributed by atoms with Crippen LogP contribution in [0.5, 0.6) is 0 Å². The summed E-state index contributed by atoms with van der Waals surface area (Å²) in [6.45, 7) is 6.09. The average molecular weight is 292 g/mol. The number of aromatic amines is 2. The summed E-state index contributed by atoms with van der Waals surface area (Å²) >= 11 is 5.00. The number of nitrogens with zero attached hydrogens (tertiary/aromatic N) is 2. The summed E-state index contributed by atoms with van der Waals surface area (Å²) in [5.74, 6) is 0.842. The SMILES string of the molecule is Cc1noc(C)c1CN1CCc2[nH]c(=S)[nH]c(=O)c2C1. The number of aromatic nitrogens is 3. The van der Waals surface area contributed by atoms with Crippen molar-refractivity contribution in [3.8, 4) is 0 Å². The van der Waals surface area contributed by atoms with Crippen molar-refractivity contribution in [3.63, 3.8) is 0 Å². The third-order valence-electron chi connectivity index (χ3n) is 3.75. The van der Waals surface area contributed by atoms with Gasteiger partial charge in [0.25, 0.3) is 5.56 Å². The highest BCUT2D eigenvalue weighted by molar-refractivity contribution is 7.71. The lowest BCUT2D eigenvalue weighted by atomic mass is 10.1. The van der Waals surface area contributed by atoms with Crippen LogP contribution >= 0.6 is 12.2 Å². The van der Waals surface area contributed by atoms with Gasteiger partial charge in [-0.05, 0) is 26.1 Å². The largest absolute Gasteiger partial charge is 0.361 e.